The van der Waals surface area contributed by atoms with Crippen LogP contribution in [0.2, 0.25) is 5.02 Å². The summed E-state index contributed by atoms with van der Waals surface area (Å²) in [6.07, 6.45) is 1.32. The highest BCUT2D eigenvalue weighted by Gasteiger charge is 2.17. The number of rotatable bonds is 4. The van der Waals surface area contributed by atoms with E-state index in [-0.39, 0.29) is 16.8 Å². The molecule has 0 fully saturated rings. The minimum absolute atomic E-state index is 0.0367. The van der Waals surface area contributed by atoms with Gasteiger partial charge in [-0.3, -0.25) is 35.7 Å². The van der Waals surface area contributed by atoms with E-state index in [1.165, 1.54) is 24.4 Å². The third-order valence-corrected chi connectivity index (χ3v) is 3.88. The lowest BCUT2D eigenvalue weighted by Crippen LogP contribution is -2.41. The number of nitro groups is 1. The first-order valence-corrected chi connectivity index (χ1v) is 7.98. The Labute approximate surface area is 157 Å². The summed E-state index contributed by atoms with van der Waals surface area (Å²) in [4.78, 5) is 34.6. The molecular weight excluding hydrogens is 374 g/mol. The van der Waals surface area contributed by atoms with E-state index in [0.29, 0.717) is 16.3 Å². The average molecular weight is 386 g/mol. The topological polar surface area (TPSA) is 130 Å². The molecule has 27 heavy (non-hydrogen) atoms. The number of hydrogen-bond acceptors (Lipinski definition) is 5. The molecule has 1 aromatic heterocycles. The summed E-state index contributed by atoms with van der Waals surface area (Å²) in [6.45, 7) is 0. The molecule has 9 nitrogen and oxygen atoms in total. The zero-order chi connectivity index (χ0) is 19.4. The Balaban J connectivity index is 1.71. The van der Waals surface area contributed by atoms with Gasteiger partial charge in [-0.1, -0.05) is 29.8 Å². The molecule has 0 aliphatic rings. The van der Waals surface area contributed by atoms with Crippen molar-refractivity contribution in [3.8, 4) is 11.3 Å². The number of H-pyrrole nitrogens is 1. The van der Waals surface area contributed by atoms with Gasteiger partial charge in [-0.2, -0.15) is 5.10 Å². The molecule has 136 valence electrons. The van der Waals surface area contributed by atoms with Crippen molar-refractivity contribution in [3.05, 3.63) is 81.0 Å². The lowest BCUT2D eigenvalue weighted by Gasteiger charge is -2.08. The Morgan fingerprint density at radius 3 is 2.48 bits per heavy atom. The summed E-state index contributed by atoms with van der Waals surface area (Å²) in [5.74, 6) is -1.30. The Morgan fingerprint density at radius 1 is 1.07 bits per heavy atom. The minimum Gasteiger partial charge on any atom is -0.277 e. The van der Waals surface area contributed by atoms with Gasteiger partial charge < -0.3 is 0 Å². The van der Waals surface area contributed by atoms with Crippen LogP contribution in [-0.4, -0.2) is 26.9 Å². The molecule has 3 aromatic rings. The van der Waals surface area contributed by atoms with Crippen molar-refractivity contribution in [2.75, 3.05) is 0 Å². The summed E-state index contributed by atoms with van der Waals surface area (Å²) in [7, 11) is 0. The van der Waals surface area contributed by atoms with E-state index in [2.05, 4.69) is 21.0 Å². The summed E-state index contributed by atoms with van der Waals surface area (Å²) < 4.78 is 0. The number of carbonyl (C=O) groups excluding carboxylic acids is 2. The molecule has 3 N–H and O–H groups in total. The van der Waals surface area contributed by atoms with Crippen LogP contribution in [0, 0.1) is 10.1 Å². The second kappa shape index (κ2) is 7.67. The Kier molecular flexibility index (Phi) is 5.13. The highest BCUT2D eigenvalue weighted by atomic mass is 35.5. The van der Waals surface area contributed by atoms with Crippen molar-refractivity contribution >= 4 is 29.1 Å². The fourth-order valence-corrected chi connectivity index (χ4v) is 2.43. The maximum atomic E-state index is 12.4. The molecule has 0 bridgehead atoms. The predicted octanol–water partition coefficient (Wildman–Crippen LogP) is 2.71. The van der Waals surface area contributed by atoms with Gasteiger partial charge in [0.2, 0.25) is 0 Å². The van der Waals surface area contributed by atoms with Gasteiger partial charge in [0.15, 0.2) is 0 Å². The molecular formula is C17H12ClN5O4. The number of nitrogens with one attached hydrogen (secondary N) is 3. The van der Waals surface area contributed by atoms with Gasteiger partial charge >= 0.3 is 0 Å². The van der Waals surface area contributed by atoms with Gasteiger partial charge in [0, 0.05) is 28.3 Å². The van der Waals surface area contributed by atoms with E-state index in [4.69, 9.17) is 11.6 Å². The van der Waals surface area contributed by atoms with E-state index in [1.54, 1.807) is 24.3 Å². The van der Waals surface area contributed by atoms with Crippen LogP contribution in [0.25, 0.3) is 11.3 Å². The van der Waals surface area contributed by atoms with Crippen LogP contribution in [0.15, 0.2) is 54.7 Å². The summed E-state index contributed by atoms with van der Waals surface area (Å²) in [6, 6.07) is 11.9. The van der Waals surface area contributed by atoms with Gasteiger partial charge in [0.25, 0.3) is 17.5 Å². The van der Waals surface area contributed by atoms with Crippen LogP contribution in [0.3, 0.4) is 0 Å². The number of aromatic nitrogens is 2. The maximum absolute atomic E-state index is 12.4. The third-order valence-electron chi connectivity index (χ3n) is 3.63. The largest absolute Gasteiger partial charge is 0.277 e. The number of aromatic amines is 1. The maximum Gasteiger partial charge on any atom is 0.273 e. The van der Waals surface area contributed by atoms with E-state index in [9.17, 15) is 19.7 Å². The van der Waals surface area contributed by atoms with Crippen LogP contribution in [0.5, 0.6) is 0 Å². The lowest BCUT2D eigenvalue weighted by atomic mass is 10.1. The molecule has 0 saturated carbocycles. The van der Waals surface area contributed by atoms with Crippen molar-refractivity contribution in [3.63, 3.8) is 0 Å². The number of non-ortho nitro benzene ring substituents is 1. The summed E-state index contributed by atoms with van der Waals surface area (Å²) in [5.41, 5.74) is 5.63. The van der Waals surface area contributed by atoms with Crippen LogP contribution >= 0.6 is 11.6 Å². The first kappa shape index (κ1) is 18.1. The van der Waals surface area contributed by atoms with Crippen LogP contribution in [-0.2, 0) is 0 Å². The standard InChI is InChI=1S/C17H12ClN5O4/c18-12-6-4-10(5-7-12)15-14(9-19-20-15)17(25)22-21-16(24)11-2-1-3-13(8-11)23(26)27/h1-9H,(H,19,20)(H,21,24)(H,22,25). The molecule has 0 atom stereocenters. The number of carbonyl (C=O) groups is 2. The molecule has 1 heterocycles. The molecule has 0 aliphatic heterocycles. The summed E-state index contributed by atoms with van der Waals surface area (Å²) in [5, 5.41) is 17.9. The SMILES string of the molecule is O=C(NNC(=O)c1cn[nH]c1-c1ccc(Cl)cc1)c1cccc([N+](=O)[O-])c1. The predicted molar refractivity (Wildman–Crippen MR) is 97.1 cm³/mol. The minimum atomic E-state index is -0.691. The molecule has 0 saturated heterocycles. The average Bonchev–Trinajstić information content (AvgIpc) is 3.16. The molecule has 0 unspecified atom stereocenters. The molecule has 0 radical (unpaired) electrons. The number of halogens is 1. The van der Waals surface area contributed by atoms with Crippen molar-refractivity contribution in [1.29, 1.82) is 0 Å². The fraction of sp³-hybridized carbons (Fsp3) is 0. The van der Waals surface area contributed by atoms with Crippen molar-refractivity contribution in [2.45, 2.75) is 0 Å². The third kappa shape index (κ3) is 4.10. The van der Waals surface area contributed by atoms with E-state index >= 15 is 0 Å². The zero-order valence-corrected chi connectivity index (χ0v) is 14.4. The van der Waals surface area contributed by atoms with Crippen LogP contribution in [0.4, 0.5) is 5.69 Å². The number of nitrogens with zero attached hydrogens (tertiary/aromatic N) is 2. The number of benzene rings is 2. The fourth-order valence-electron chi connectivity index (χ4n) is 2.31. The first-order chi connectivity index (χ1) is 13.0. The van der Waals surface area contributed by atoms with Crippen LogP contribution in [0.1, 0.15) is 20.7 Å². The van der Waals surface area contributed by atoms with Gasteiger partial charge in [0.05, 0.1) is 22.4 Å². The number of hydrazine groups is 1. The smallest absolute Gasteiger partial charge is 0.273 e. The first-order valence-electron chi connectivity index (χ1n) is 7.60. The van der Waals surface area contributed by atoms with Gasteiger partial charge in [0.1, 0.15) is 0 Å². The van der Waals surface area contributed by atoms with Crippen molar-refractivity contribution in [1.82, 2.24) is 21.0 Å². The monoisotopic (exact) mass is 385 g/mol. The normalized spacial score (nSPS) is 10.3. The lowest BCUT2D eigenvalue weighted by molar-refractivity contribution is -0.384. The molecule has 10 heteroatoms. The molecule has 0 aliphatic carbocycles. The molecule has 3 rings (SSSR count). The van der Waals surface area contributed by atoms with Gasteiger partial charge in [-0.15, -0.1) is 0 Å². The van der Waals surface area contributed by atoms with Gasteiger partial charge in [-0.25, -0.2) is 0 Å². The second-order valence-electron chi connectivity index (χ2n) is 5.38. The number of hydrogen-bond donors (Lipinski definition) is 3. The Bertz CT molecular complexity index is 1020. The number of nitro benzene ring substituents is 1. The van der Waals surface area contributed by atoms with Crippen molar-refractivity contribution < 1.29 is 14.5 Å². The van der Waals surface area contributed by atoms with Crippen LogP contribution < -0.4 is 10.9 Å². The summed E-state index contributed by atoms with van der Waals surface area (Å²) >= 11 is 5.85. The molecule has 0 spiro atoms. The molecule has 2 amide bonds. The molecule has 2 aromatic carbocycles. The van der Waals surface area contributed by atoms with E-state index in [1.807, 2.05) is 0 Å². The highest BCUT2D eigenvalue weighted by molar-refractivity contribution is 6.30. The van der Waals surface area contributed by atoms with E-state index < -0.39 is 16.7 Å². The Morgan fingerprint density at radius 2 is 1.78 bits per heavy atom. The highest BCUT2D eigenvalue weighted by Crippen LogP contribution is 2.22. The quantitative estimate of drug-likeness (QED) is 0.469. The number of amides is 2. The zero-order valence-electron chi connectivity index (χ0n) is 13.6. The van der Waals surface area contributed by atoms with E-state index in [0.717, 1.165) is 6.07 Å². The van der Waals surface area contributed by atoms with Crippen molar-refractivity contribution in [2.24, 2.45) is 0 Å². The Hall–Kier alpha value is -3.72. The second-order valence-corrected chi connectivity index (χ2v) is 5.82. The van der Waals surface area contributed by atoms with Gasteiger partial charge in [-0.05, 0) is 18.2 Å².